The molecular weight excluding hydrogens is 286 g/mol. The van der Waals surface area contributed by atoms with Gasteiger partial charge in [-0.15, -0.1) is 0 Å². The van der Waals surface area contributed by atoms with E-state index in [0.29, 0.717) is 22.5 Å². The third-order valence-corrected chi connectivity index (χ3v) is 5.18. The Kier molecular flexibility index (Phi) is 5.21. The Hall–Kier alpha value is -0.620. The predicted octanol–water partition coefficient (Wildman–Crippen LogP) is 1.88. The summed E-state index contributed by atoms with van der Waals surface area (Å²) in [6, 6.07) is 6.66. The van der Waals surface area contributed by atoms with E-state index in [1.54, 1.807) is 24.3 Å². The van der Waals surface area contributed by atoms with Crippen molar-refractivity contribution in [2.75, 3.05) is 25.5 Å². The van der Waals surface area contributed by atoms with Gasteiger partial charge in [-0.3, -0.25) is 0 Å². The molecule has 19 heavy (non-hydrogen) atoms. The number of halogens is 1. The predicted molar refractivity (Wildman–Crippen MR) is 75.3 cm³/mol. The highest BCUT2D eigenvalue weighted by molar-refractivity contribution is 7.91. The van der Waals surface area contributed by atoms with E-state index in [2.05, 4.69) is 5.32 Å². The summed E-state index contributed by atoms with van der Waals surface area (Å²) in [5, 5.41) is 3.81. The lowest BCUT2D eigenvalue weighted by Gasteiger charge is -2.23. The number of nitrogens with one attached hydrogen (secondary N) is 1. The SMILES string of the molecule is O=S(=O)(CCNC1CCOCC1)c1ccc(Cl)cc1. The molecule has 1 aliphatic heterocycles. The third kappa shape index (κ3) is 4.45. The second-order valence-electron chi connectivity index (χ2n) is 4.61. The Labute approximate surface area is 119 Å². The summed E-state index contributed by atoms with van der Waals surface area (Å²) in [4.78, 5) is 0.325. The molecule has 0 radical (unpaired) electrons. The minimum absolute atomic E-state index is 0.103. The van der Waals surface area contributed by atoms with E-state index in [0.717, 1.165) is 26.1 Å². The average Bonchev–Trinajstić information content (AvgIpc) is 2.40. The standard InChI is InChI=1S/C13H18ClNO3S/c14-11-1-3-13(4-2-11)19(16,17)10-7-15-12-5-8-18-9-6-12/h1-4,12,15H,5-10H2. The van der Waals surface area contributed by atoms with Crippen molar-refractivity contribution in [2.45, 2.75) is 23.8 Å². The van der Waals surface area contributed by atoms with Crippen LogP contribution in [0.1, 0.15) is 12.8 Å². The van der Waals surface area contributed by atoms with Crippen molar-refractivity contribution in [3.63, 3.8) is 0 Å². The van der Waals surface area contributed by atoms with E-state index in [9.17, 15) is 8.42 Å². The van der Waals surface area contributed by atoms with Crippen LogP contribution in [0.15, 0.2) is 29.2 Å². The Balaban J connectivity index is 1.85. The molecule has 0 aromatic heterocycles. The largest absolute Gasteiger partial charge is 0.381 e. The van der Waals surface area contributed by atoms with Gasteiger partial charge < -0.3 is 10.1 Å². The van der Waals surface area contributed by atoms with Gasteiger partial charge in [-0.2, -0.15) is 0 Å². The molecule has 0 aliphatic carbocycles. The molecular formula is C13H18ClNO3S. The summed E-state index contributed by atoms with van der Waals surface area (Å²) >= 11 is 5.75. The fourth-order valence-corrected chi connectivity index (χ4v) is 3.36. The van der Waals surface area contributed by atoms with Crippen LogP contribution in [-0.2, 0) is 14.6 Å². The second kappa shape index (κ2) is 6.70. The highest BCUT2D eigenvalue weighted by Crippen LogP contribution is 2.15. The van der Waals surface area contributed by atoms with Gasteiger partial charge in [0.05, 0.1) is 10.6 Å². The fourth-order valence-electron chi connectivity index (χ4n) is 2.06. The molecule has 0 atom stereocenters. The highest BCUT2D eigenvalue weighted by atomic mass is 35.5. The van der Waals surface area contributed by atoms with Crippen LogP contribution in [-0.4, -0.2) is 40.0 Å². The van der Waals surface area contributed by atoms with Crippen molar-refractivity contribution >= 4 is 21.4 Å². The van der Waals surface area contributed by atoms with Gasteiger partial charge in [-0.05, 0) is 37.1 Å². The molecule has 1 aliphatic rings. The normalized spacial score (nSPS) is 17.5. The molecule has 1 N–H and O–H groups in total. The van der Waals surface area contributed by atoms with Crippen molar-refractivity contribution < 1.29 is 13.2 Å². The average molecular weight is 304 g/mol. The Bertz CT molecular complexity index is 495. The molecule has 4 nitrogen and oxygen atoms in total. The zero-order valence-corrected chi connectivity index (χ0v) is 12.2. The lowest BCUT2D eigenvalue weighted by atomic mass is 10.1. The van der Waals surface area contributed by atoms with Crippen LogP contribution in [0.4, 0.5) is 0 Å². The molecule has 0 bridgehead atoms. The van der Waals surface area contributed by atoms with Crippen molar-refractivity contribution in [3.8, 4) is 0 Å². The number of benzene rings is 1. The first-order valence-corrected chi connectivity index (χ1v) is 8.40. The molecule has 106 valence electrons. The molecule has 1 saturated heterocycles. The molecule has 0 spiro atoms. The van der Waals surface area contributed by atoms with Gasteiger partial charge in [0.1, 0.15) is 0 Å². The van der Waals surface area contributed by atoms with Gasteiger partial charge in [-0.25, -0.2) is 8.42 Å². The van der Waals surface area contributed by atoms with E-state index in [1.807, 2.05) is 0 Å². The van der Waals surface area contributed by atoms with E-state index in [1.165, 1.54) is 0 Å². The van der Waals surface area contributed by atoms with Gasteiger partial charge >= 0.3 is 0 Å². The summed E-state index contributed by atoms with van der Waals surface area (Å²) in [7, 11) is -3.23. The van der Waals surface area contributed by atoms with Crippen LogP contribution >= 0.6 is 11.6 Å². The first-order valence-electron chi connectivity index (χ1n) is 6.37. The second-order valence-corrected chi connectivity index (χ2v) is 7.16. The van der Waals surface area contributed by atoms with Crippen LogP contribution in [0.5, 0.6) is 0 Å². The van der Waals surface area contributed by atoms with Crippen molar-refractivity contribution in [1.29, 1.82) is 0 Å². The van der Waals surface area contributed by atoms with Gasteiger partial charge in [0.25, 0.3) is 0 Å². The molecule has 0 unspecified atom stereocenters. The molecule has 0 amide bonds. The topological polar surface area (TPSA) is 55.4 Å². The summed E-state index contributed by atoms with van der Waals surface area (Å²) in [5.74, 6) is 0.103. The molecule has 0 saturated carbocycles. The van der Waals surface area contributed by atoms with Crippen LogP contribution in [0, 0.1) is 0 Å². The molecule has 1 aromatic rings. The lowest BCUT2D eigenvalue weighted by Crippen LogP contribution is -2.37. The van der Waals surface area contributed by atoms with Crippen molar-refractivity contribution in [3.05, 3.63) is 29.3 Å². The van der Waals surface area contributed by atoms with E-state index in [-0.39, 0.29) is 5.75 Å². The molecule has 6 heteroatoms. The number of hydrogen-bond donors (Lipinski definition) is 1. The fraction of sp³-hybridized carbons (Fsp3) is 0.538. The zero-order valence-electron chi connectivity index (χ0n) is 10.6. The number of sulfone groups is 1. The lowest BCUT2D eigenvalue weighted by molar-refractivity contribution is 0.0785. The van der Waals surface area contributed by atoms with Crippen LogP contribution in [0.3, 0.4) is 0 Å². The maximum Gasteiger partial charge on any atom is 0.179 e. The highest BCUT2D eigenvalue weighted by Gasteiger charge is 2.17. The monoisotopic (exact) mass is 303 g/mol. The van der Waals surface area contributed by atoms with E-state index >= 15 is 0 Å². The maximum absolute atomic E-state index is 12.1. The first-order chi connectivity index (χ1) is 9.08. The zero-order chi connectivity index (χ0) is 13.7. The minimum Gasteiger partial charge on any atom is -0.381 e. The summed E-state index contributed by atoms with van der Waals surface area (Å²) < 4.78 is 29.4. The quantitative estimate of drug-likeness (QED) is 0.902. The summed E-state index contributed by atoms with van der Waals surface area (Å²) in [6.07, 6.45) is 1.89. The summed E-state index contributed by atoms with van der Waals surface area (Å²) in [5.41, 5.74) is 0. The van der Waals surface area contributed by atoms with Gasteiger partial charge in [0, 0.05) is 30.8 Å². The smallest absolute Gasteiger partial charge is 0.179 e. The Morgan fingerprint density at radius 3 is 2.47 bits per heavy atom. The van der Waals surface area contributed by atoms with E-state index in [4.69, 9.17) is 16.3 Å². The van der Waals surface area contributed by atoms with Crippen molar-refractivity contribution in [1.82, 2.24) is 5.32 Å². The van der Waals surface area contributed by atoms with Crippen LogP contribution < -0.4 is 5.32 Å². The Morgan fingerprint density at radius 1 is 1.21 bits per heavy atom. The van der Waals surface area contributed by atoms with Crippen LogP contribution in [0.2, 0.25) is 5.02 Å². The molecule has 1 aromatic carbocycles. The van der Waals surface area contributed by atoms with Gasteiger partial charge in [0.2, 0.25) is 0 Å². The van der Waals surface area contributed by atoms with Gasteiger partial charge in [0.15, 0.2) is 9.84 Å². The minimum atomic E-state index is -3.23. The molecule has 1 fully saturated rings. The van der Waals surface area contributed by atoms with Crippen LogP contribution in [0.25, 0.3) is 0 Å². The first kappa shape index (κ1) is 14.8. The van der Waals surface area contributed by atoms with E-state index < -0.39 is 9.84 Å². The molecule has 2 rings (SSSR count). The van der Waals surface area contributed by atoms with Crippen molar-refractivity contribution in [2.24, 2.45) is 0 Å². The number of hydrogen-bond acceptors (Lipinski definition) is 4. The molecule has 1 heterocycles. The third-order valence-electron chi connectivity index (χ3n) is 3.20. The van der Waals surface area contributed by atoms with Gasteiger partial charge in [-0.1, -0.05) is 11.6 Å². The Morgan fingerprint density at radius 2 is 1.84 bits per heavy atom. The number of ether oxygens (including phenoxy) is 1. The summed E-state index contributed by atoms with van der Waals surface area (Å²) in [6.45, 7) is 1.97. The number of rotatable bonds is 5. The maximum atomic E-state index is 12.1.